The van der Waals surface area contributed by atoms with Crippen LogP contribution in [0, 0.1) is 45.9 Å². The summed E-state index contributed by atoms with van der Waals surface area (Å²) in [6, 6.07) is 70.3. The molecule has 2 heterocycles. The lowest BCUT2D eigenvalue weighted by Gasteiger charge is -2.23. The van der Waals surface area contributed by atoms with Crippen molar-refractivity contribution in [3.05, 3.63) is 239 Å². The highest BCUT2D eigenvalue weighted by molar-refractivity contribution is 6.14. The van der Waals surface area contributed by atoms with Crippen LogP contribution in [0.4, 0.5) is 13.2 Å². The van der Waals surface area contributed by atoms with E-state index in [0.29, 0.717) is 33.6 Å². The Labute approximate surface area is 422 Å². The maximum absolute atomic E-state index is 14.7. The van der Waals surface area contributed by atoms with E-state index in [1.807, 2.05) is 12.1 Å². The van der Waals surface area contributed by atoms with Gasteiger partial charge in [-0.3, -0.25) is 0 Å². The first-order chi connectivity index (χ1) is 35.3. The van der Waals surface area contributed by atoms with Gasteiger partial charge in [-0.25, -0.2) is 0 Å². The van der Waals surface area contributed by atoms with Gasteiger partial charge >= 0.3 is 6.18 Å². The van der Waals surface area contributed by atoms with Crippen molar-refractivity contribution in [1.29, 1.82) is 5.26 Å². The van der Waals surface area contributed by atoms with Gasteiger partial charge in [-0.05, 0) is 139 Å². The normalized spacial score (nSPS) is 11.8. The molecule has 73 heavy (non-hydrogen) atoms. The number of halogens is 3. The van der Waals surface area contributed by atoms with Crippen molar-refractivity contribution in [2.24, 2.45) is 0 Å². The van der Waals surface area contributed by atoms with Crippen LogP contribution in [0.5, 0.6) is 0 Å². The fraction of sp³-hybridized carbons (Fsp3) is 0.0896. The zero-order valence-corrected chi connectivity index (χ0v) is 41.0. The molecule has 0 atom stereocenters. The van der Waals surface area contributed by atoms with Crippen molar-refractivity contribution < 1.29 is 13.2 Å². The predicted octanol–water partition coefficient (Wildman–Crippen LogP) is 18.6. The summed E-state index contributed by atoms with van der Waals surface area (Å²) >= 11 is 0. The first-order valence-electron chi connectivity index (χ1n) is 24.5. The molecule has 0 bridgehead atoms. The third-order valence-corrected chi connectivity index (χ3v) is 14.5. The van der Waals surface area contributed by atoms with Crippen LogP contribution in [0.3, 0.4) is 0 Å². The Bertz CT molecular complexity index is 3830. The molecular formula is C67H48F3N3. The van der Waals surface area contributed by atoms with E-state index in [4.69, 9.17) is 0 Å². The Morgan fingerprint density at radius 2 is 0.699 bits per heavy atom. The number of nitrogens with zero attached hydrogens (tertiary/aromatic N) is 3. The Balaban J connectivity index is 1.27. The molecule has 10 aromatic carbocycles. The average molecular weight is 952 g/mol. The third-order valence-electron chi connectivity index (χ3n) is 14.5. The SMILES string of the molecule is Cc1cccc(-c2ccc3c4ccc(-c5cccc(C)c5)cc4n(-c4cc(C#N)cc(-n5c6cc(-c7cccc(C)c7)ccc6c6ccc(-c7cccc(C)c7)cc65)c4-c4ccc(C(F)(F)F)cc4C)c3c2)c1. The first-order valence-corrected chi connectivity index (χ1v) is 24.5. The van der Waals surface area contributed by atoms with Gasteiger partial charge in [0, 0.05) is 27.1 Å². The number of hydrogen-bond acceptors (Lipinski definition) is 1. The lowest BCUT2D eigenvalue weighted by Crippen LogP contribution is -2.08. The van der Waals surface area contributed by atoms with Gasteiger partial charge in [-0.1, -0.05) is 174 Å². The number of alkyl halides is 3. The number of aryl methyl sites for hydroxylation is 5. The smallest absolute Gasteiger partial charge is 0.308 e. The highest BCUT2D eigenvalue weighted by Gasteiger charge is 2.32. The lowest BCUT2D eigenvalue weighted by molar-refractivity contribution is -0.137. The van der Waals surface area contributed by atoms with E-state index in [-0.39, 0.29) is 0 Å². The fourth-order valence-electron chi connectivity index (χ4n) is 11.0. The standard InChI is InChI=1S/C67H48F3N3/c1-40-10-6-14-46(28-40)50-18-23-56-57-24-19-51(47-15-7-11-41(2)29-47)36-61(57)72(60(56)35-50)64-33-45(39-71)34-65(66(64)55-27-22-54(32-44(55)5)67(68,69)70)73-62-37-52(48-16-8-12-42(3)30-48)20-25-58(62)59-26-21-53(38-63(59)73)49-17-9-13-43(4)31-49/h6-38H,1-5H3. The Kier molecular flexibility index (Phi) is 10.8. The molecule has 0 spiro atoms. The van der Waals surface area contributed by atoms with Gasteiger partial charge in [0.15, 0.2) is 0 Å². The summed E-state index contributed by atoms with van der Waals surface area (Å²) in [6.45, 7) is 10.1. The molecule has 0 fully saturated rings. The molecule has 3 nitrogen and oxygen atoms in total. The number of nitriles is 1. The summed E-state index contributed by atoms with van der Waals surface area (Å²) in [5.74, 6) is 0. The second-order valence-corrected chi connectivity index (χ2v) is 19.6. The van der Waals surface area contributed by atoms with Crippen LogP contribution in [0.15, 0.2) is 200 Å². The van der Waals surface area contributed by atoms with E-state index in [9.17, 15) is 18.4 Å². The molecule has 12 aromatic rings. The third kappa shape index (κ3) is 7.95. The summed E-state index contributed by atoms with van der Waals surface area (Å²) in [6.07, 6.45) is -4.56. The van der Waals surface area contributed by atoms with Gasteiger partial charge in [0.1, 0.15) is 0 Å². The van der Waals surface area contributed by atoms with E-state index >= 15 is 0 Å². The second-order valence-electron chi connectivity index (χ2n) is 19.6. The van der Waals surface area contributed by atoms with Crippen molar-refractivity contribution >= 4 is 43.6 Å². The molecule has 0 radical (unpaired) electrons. The van der Waals surface area contributed by atoms with Crippen molar-refractivity contribution in [2.75, 3.05) is 0 Å². The minimum atomic E-state index is -4.56. The van der Waals surface area contributed by atoms with Crippen LogP contribution in [-0.2, 0) is 6.18 Å². The molecule has 0 unspecified atom stereocenters. The van der Waals surface area contributed by atoms with Crippen molar-refractivity contribution in [2.45, 2.75) is 40.8 Å². The van der Waals surface area contributed by atoms with Gasteiger partial charge in [0.2, 0.25) is 0 Å². The van der Waals surface area contributed by atoms with Gasteiger partial charge in [0.25, 0.3) is 0 Å². The largest absolute Gasteiger partial charge is 0.416 e. The minimum absolute atomic E-state index is 0.401. The predicted molar refractivity (Wildman–Crippen MR) is 296 cm³/mol. The number of aromatic nitrogens is 2. The quantitative estimate of drug-likeness (QED) is 0.157. The Morgan fingerprint density at radius 3 is 0.986 bits per heavy atom. The molecule has 2 aromatic heterocycles. The molecule has 0 N–H and O–H groups in total. The van der Waals surface area contributed by atoms with Gasteiger partial charge in [-0.2, -0.15) is 18.4 Å². The molecule has 0 aliphatic carbocycles. The van der Waals surface area contributed by atoms with Gasteiger partial charge < -0.3 is 9.13 Å². The summed E-state index contributed by atoms with van der Waals surface area (Å²) in [4.78, 5) is 0. The molecule has 0 aliphatic rings. The lowest BCUT2D eigenvalue weighted by atomic mass is 9.93. The van der Waals surface area contributed by atoms with Gasteiger partial charge in [0.05, 0.1) is 50.6 Å². The molecule has 12 rings (SSSR count). The molecule has 0 amide bonds. The highest BCUT2D eigenvalue weighted by atomic mass is 19.4. The highest BCUT2D eigenvalue weighted by Crippen LogP contribution is 2.47. The van der Waals surface area contributed by atoms with Crippen molar-refractivity contribution in [3.8, 4) is 73.1 Å². The van der Waals surface area contributed by atoms with E-state index in [0.717, 1.165) is 110 Å². The molecule has 0 saturated heterocycles. The van der Waals surface area contributed by atoms with E-state index < -0.39 is 11.7 Å². The molecule has 6 heteroatoms. The van der Waals surface area contributed by atoms with Crippen LogP contribution < -0.4 is 0 Å². The first kappa shape index (κ1) is 45.2. The summed E-state index contributed by atoms with van der Waals surface area (Å²) in [7, 11) is 0. The number of rotatable bonds is 7. The minimum Gasteiger partial charge on any atom is -0.308 e. The molecule has 0 saturated carbocycles. The monoisotopic (exact) mass is 951 g/mol. The second kappa shape index (κ2) is 17.4. The fourth-order valence-corrected chi connectivity index (χ4v) is 11.0. The van der Waals surface area contributed by atoms with E-state index in [2.05, 4.69) is 213 Å². The van der Waals surface area contributed by atoms with Crippen LogP contribution in [0.1, 0.15) is 38.9 Å². The maximum atomic E-state index is 14.7. The summed E-state index contributed by atoms with van der Waals surface area (Å²) in [5.41, 5.74) is 19.2. The molecule has 352 valence electrons. The Hall–Kier alpha value is -8.92. The van der Waals surface area contributed by atoms with Crippen molar-refractivity contribution in [1.82, 2.24) is 9.13 Å². The summed E-state index contributed by atoms with van der Waals surface area (Å²) in [5, 5.41) is 15.3. The van der Waals surface area contributed by atoms with Crippen LogP contribution in [0.25, 0.3) is 111 Å². The van der Waals surface area contributed by atoms with Crippen LogP contribution in [0.2, 0.25) is 0 Å². The summed E-state index contributed by atoms with van der Waals surface area (Å²) < 4.78 is 48.5. The number of fused-ring (bicyclic) bond motifs is 6. The van der Waals surface area contributed by atoms with E-state index in [1.165, 1.54) is 12.1 Å². The number of benzene rings is 10. The molecular weight excluding hydrogens is 904 g/mol. The van der Waals surface area contributed by atoms with E-state index in [1.54, 1.807) is 13.0 Å². The van der Waals surface area contributed by atoms with Crippen molar-refractivity contribution in [3.63, 3.8) is 0 Å². The maximum Gasteiger partial charge on any atom is 0.416 e. The Morgan fingerprint density at radius 1 is 0.370 bits per heavy atom. The topological polar surface area (TPSA) is 33.6 Å². The van der Waals surface area contributed by atoms with Crippen LogP contribution >= 0.6 is 0 Å². The van der Waals surface area contributed by atoms with Gasteiger partial charge in [-0.15, -0.1) is 0 Å². The molecule has 0 aliphatic heterocycles. The zero-order valence-electron chi connectivity index (χ0n) is 41.0. The van der Waals surface area contributed by atoms with Crippen LogP contribution in [-0.4, -0.2) is 9.13 Å². The average Bonchev–Trinajstić information content (AvgIpc) is 3.89. The number of hydrogen-bond donors (Lipinski definition) is 0. The zero-order chi connectivity index (χ0) is 50.3.